The molecule has 1 saturated heterocycles. The Morgan fingerprint density at radius 2 is 2.29 bits per heavy atom. The Bertz CT molecular complexity index is 441. The van der Waals surface area contributed by atoms with Gasteiger partial charge in [0.25, 0.3) is 5.69 Å². The molecule has 0 bridgehead atoms. The number of nitro groups is 1. The van der Waals surface area contributed by atoms with E-state index in [9.17, 15) is 14.5 Å². The van der Waals surface area contributed by atoms with Gasteiger partial charge in [-0.3, -0.25) is 10.1 Å². The summed E-state index contributed by atoms with van der Waals surface area (Å²) in [5.74, 6) is 0.367. The Hall–Kier alpha value is -1.30. The lowest BCUT2D eigenvalue weighted by atomic mass is 10.2. The maximum absolute atomic E-state index is 13.2. The molecule has 92 valence electrons. The molecule has 1 aliphatic heterocycles. The third kappa shape index (κ3) is 3.09. The second kappa shape index (κ2) is 4.91. The summed E-state index contributed by atoms with van der Waals surface area (Å²) in [7, 11) is 0. The Morgan fingerprint density at radius 1 is 1.53 bits per heavy atom. The molecule has 6 heteroatoms. The van der Waals surface area contributed by atoms with Gasteiger partial charge < -0.3 is 5.32 Å². The molecule has 1 aliphatic rings. The molecule has 2 atom stereocenters. The number of nitrogens with zero attached hydrogens (tertiary/aromatic N) is 1. The highest BCUT2D eigenvalue weighted by atomic mass is 32.2. The number of non-ortho nitro benzene ring substituents is 1. The van der Waals surface area contributed by atoms with E-state index in [4.69, 9.17) is 0 Å². The van der Waals surface area contributed by atoms with Crippen LogP contribution in [0, 0.1) is 15.9 Å². The van der Waals surface area contributed by atoms with Crippen LogP contribution in [-0.2, 0) is 0 Å². The van der Waals surface area contributed by atoms with Gasteiger partial charge in [0.1, 0.15) is 5.82 Å². The van der Waals surface area contributed by atoms with E-state index in [1.165, 1.54) is 12.1 Å². The lowest BCUT2D eigenvalue weighted by Gasteiger charge is -2.13. The number of nitrogens with one attached hydrogen (secondary N) is 1. The molecular weight excluding hydrogens is 243 g/mol. The summed E-state index contributed by atoms with van der Waals surface area (Å²) >= 11 is 1.85. The molecule has 1 fully saturated rings. The molecule has 0 aliphatic carbocycles. The topological polar surface area (TPSA) is 55.2 Å². The van der Waals surface area contributed by atoms with Gasteiger partial charge in [-0.05, 0) is 12.5 Å². The van der Waals surface area contributed by atoms with Gasteiger partial charge in [-0.2, -0.15) is 11.8 Å². The molecule has 1 aromatic carbocycles. The standard InChI is InChI=1S/C11H13FN2O2S/c1-7-2-10(6-17-7)13-9-3-8(12)4-11(5-9)14(15)16/h3-5,7,10,13H,2,6H2,1H3. The van der Waals surface area contributed by atoms with Gasteiger partial charge in [0, 0.05) is 28.8 Å². The van der Waals surface area contributed by atoms with Crippen molar-refractivity contribution in [3.8, 4) is 0 Å². The molecule has 1 N–H and O–H groups in total. The molecular formula is C11H13FN2O2S. The van der Waals surface area contributed by atoms with E-state index < -0.39 is 10.7 Å². The number of anilines is 1. The molecule has 0 radical (unpaired) electrons. The van der Waals surface area contributed by atoms with Crippen molar-refractivity contribution in [1.29, 1.82) is 0 Å². The third-order valence-electron chi connectivity index (χ3n) is 2.66. The molecule has 0 saturated carbocycles. The van der Waals surface area contributed by atoms with Crippen molar-refractivity contribution in [2.24, 2.45) is 0 Å². The van der Waals surface area contributed by atoms with Crippen LogP contribution in [0.15, 0.2) is 18.2 Å². The quantitative estimate of drug-likeness (QED) is 0.667. The van der Waals surface area contributed by atoms with Crippen molar-refractivity contribution in [2.45, 2.75) is 24.6 Å². The summed E-state index contributed by atoms with van der Waals surface area (Å²) in [4.78, 5) is 10.0. The number of thioether (sulfide) groups is 1. The van der Waals surface area contributed by atoms with Crippen LogP contribution in [0.25, 0.3) is 0 Å². The van der Waals surface area contributed by atoms with Gasteiger partial charge >= 0.3 is 0 Å². The smallest absolute Gasteiger partial charge is 0.274 e. The molecule has 1 aromatic rings. The van der Waals surface area contributed by atoms with Crippen LogP contribution in [0.1, 0.15) is 13.3 Å². The van der Waals surface area contributed by atoms with Crippen LogP contribution in [-0.4, -0.2) is 22.0 Å². The summed E-state index contributed by atoms with van der Waals surface area (Å²) in [5, 5.41) is 14.3. The number of hydrogen-bond acceptors (Lipinski definition) is 4. The minimum absolute atomic E-state index is 0.216. The van der Waals surface area contributed by atoms with Gasteiger partial charge in [-0.25, -0.2) is 4.39 Å². The van der Waals surface area contributed by atoms with Crippen LogP contribution in [0.4, 0.5) is 15.8 Å². The Balaban J connectivity index is 2.12. The fraction of sp³-hybridized carbons (Fsp3) is 0.455. The minimum atomic E-state index is -0.583. The van der Waals surface area contributed by atoms with Crippen LogP contribution in [0.3, 0.4) is 0 Å². The lowest BCUT2D eigenvalue weighted by molar-refractivity contribution is -0.385. The van der Waals surface area contributed by atoms with Crippen molar-refractivity contribution in [3.05, 3.63) is 34.1 Å². The molecule has 0 spiro atoms. The Morgan fingerprint density at radius 3 is 2.88 bits per heavy atom. The Labute approximate surface area is 103 Å². The SMILES string of the molecule is CC1CC(Nc2cc(F)cc([N+](=O)[O-])c2)CS1. The number of hydrogen-bond donors (Lipinski definition) is 1. The van der Waals surface area contributed by atoms with Crippen molar-refractivity contribution in [1.82, 2.24) is 0 Å². The molecule has 17 heavy (non-hydrogen) atoms. The van der Waals surface area contributed by atoms with E-state index in [1.807, 2.05) is 11.8 Å². The van der Waals surface area contributed by atoms with Gasteiger partial charge in [-0.15, -0.1) is 0 Å². The zero-order valence-electron chi connectivity index (χ0n) is 9.35. The van der Waals surface area contributed by atoms with E-state index in [1.54, 1.807) is 0 Å². The first-order chi connectivity index (χ1) is 8.04. The lowest BCUT2D eigenvalue weighted by Crippen LogP contribution is -2.19. The van der Waals surface area contributed by atoms with Crippen molar-refractivity contribution in [3.63, 3.8) is 0 Å². The maximum atomic E-state index is 13.2. The van der Waals surface area contributed by atoms with E-state index >= 15 is 0 Å². The summed E-state index contributed by atoms with van der Waals surface area (Å²) in [6.07, 6.45) is 0.995. The summed E-state index contributed by atoms with van der Waals surface area (Å²) < 4.78 is 13.2. The summed E-state index contributed by atoms with van der Waals surface area (Å²) in [5.41, 5.74) is 0.266. The first-order valence-corrected chi connectivity index (χ1v) is 6.42. The summed E-state index contributed by atoms with van der Waals surface area (Å²) in [6.45, 7) is 2.14. The van der Waals surface area contributed by atoms with Crippen LogP contribution < -0.4 is 5.32 Å². The van der Waals surface area contributed by atoms with Gasteiger partial charge in [0.05, 0.1) is 11.0 Å². The van der Waals surface area contributed by atoms with Crippen LogP contribution in [0.5, 0.6) is 0 Å². The number of halogens is 1. The highest BCUT2D eigenvalue weighted by molar-refractivity contribution is 8.00. The first kappa shape index (κ1) is 12.2. The van der Waals surface area contributed by atoms with E-state index in [0.29, 0.717) is 10.9 Å². The highest BCUT2D eigenvalue weighted by Crippen LogP contribution is 2.29. The monoisotopic (exact) mass is 256 g/mol. The predicted octanol–water partition coefficient (Wildman–Crippen LogP) is 3.04. The van der Waals surface area contributed by atoms with E-state index in [0.717, 1.165) is 18.2 Å². The number of benzene rings is 1. The molecule has 2 rings (SSSR count). The predicted molar refractivity (Wildman–Crippen MR) is 67.0 cm³/mol. The molecule has 0 amide bonds. The summed E-state index contributed by atoms with van der Waals surface area (Å²) in [6, 6.07) is 3.85. The van der Waals surface area contributed by atoms with Crippen molar-refractivity contribution < 1.29 is 9.31 Å². The van der Waals surface area contributed by atoms with E-state index in [2.05, 4.69) is 12.2 Å². The number of nitro benzene ring substituents is 1. The largest absolute Gasteiger partial charge is 0.381 e. The van der Waals surface area contributed by atoms with E-state index in [-0.39, 0.29) is 11.7 Å². The normalized spacial score (nSPS) is 23.6. The fourth-order valence-corrected chi connectivity index (χ4v) is 3.07. The minimum Gasteiger partial charge on any atom is -0.381 e. The Kier molecular flexibility index (Phi) is 3.51. The maximum Gasteiger partial charge on any atom is 0.274 e. The molecule has 4 nitrogen and oxygen atoms in total. The molecule has 1 heterocycles. The third-order valence-corrected chi connectivity index (χ3v) is 4.02. The second-order valence-corrected chi connectivity index (χ2v) is 5.65. The highest BCUT2D eigenvalue weighted by Gasteiger charge is 2.22. The van der Waals surface area contributed by atoms with Crippen LogP contribution >= 0.6 is 11.8 Å². The van der Waals surface area contributed by atoms with Crippen molar-refractivity contribution >= 4 is 23.1 Å². The van der Waals surface area contributed by atoms with Gasteiger partial charge in [-0.1, -0.05) is 6.92 Å². The van der Waals surface area contributed by atoms with Gasteiger partial charge in [0.2, 0.25) is 0 Å². The zero-order valence-corrected chi connectivity index (χ0v) is 10.2. The average Bonchev–Trinajstić information content (AvgIpc) is 2.63. The van der Waals surface area contributed by atoms with Crippen molar-refractivity contribution in [2.75, 3.05) is 11.1 Å². The molecule has 0 aromatic heterocycles. The van der Waals surface area contributed by atoms with Gasteiger partial charge in [0.15, 0.2) is 0 Å². The first-order valence-electron chi connectivity index (χ1n) is 5.37. The average molecular weight is 256 g/mol. The number of rotatable bonds is 3. The van der Waals surface area contributed by atoms with Crippen LogP contribution in [0.2, 0.25) is 0 Å². The second-order valence-electron chi connectivity index (χ2n) is 4.18. The fourth-order valence-electron chi connectivity index (χ4n) is 1.92. The zero-order chi connectivity index (χ0) is 12.4. The molecule has 2 unspecified atom stereocenters.